The summed E-state index contributed by atoms with van der Waals surface area (Å²) in [6.07, 6.45) is 2.79. The van der Waals surface area contributed by atoms with Gasteiger partial charge in [-0.1, -0.05) is 30.7 Å². The van der Waals surface area contributed by atoms with Crippen LogP contribution < -0.4 is 11.1 Å². The van der Waals surface area contributed by atoms with Gasteiger partial charge in [0.25, 0.3) is 0 Å². The molecule has 5 heteroatoms. The third kappa shape index (κ3) is 4.99. The van der Waals surface area contributed by atoms with Crippen LogP contribution in [-0.2, 0) is 4.79 Å². The fraction of sp³-hybridized carbons (Fsp3) is 0.562. The molecular formula is C16H24ClN3O. The summed E-state index contributed by atoms with van der Waals surface area (Å²) >= 11 is 6.02. The van der Waals surface area contributed by atoms with E-state index in [1.807, 2.05) is 24.3 Å². The number of nitrogens with zero attached hydrogens (tertiary/aromatic N) is 1. The van der Waals surface area contributed by atoms with E-state index in [2.05, 4.69) is 17.1 Å². The van der Waals surface area contributed by atoms with Crippen molar-refractivity contribution < 1.29 is 4.79 Å². The number of benzene rings is 1. The molecule has 1 amide bonds. The van der Waals surface area contributed by atoms with Crippen molar-refractivity contribution in [2.75, 3.05) is 19.6 Å². The number of halogens is 1. The normalized spacial score (nSPS) is 18.4. The second kappa shape index (κ2) is 7.78. The predicted molar refractivity (Wildman–Crippen MR) is 86.3 cm³/mol. The number of hydrogen-bond donors (Lipinski definition) is 2. The Labute approximate surface area is 131 Å². The van der Waals surface area contributed by atoms with Gasteiger partial charge in [0.05, 0.1) is 12.6 Å². The number of amides is 1. The fourth-order valence-corrected chi connectivity index (χ4v) is 2.90. The van der Waals surface area contributed by atoms with Crippen LogP contribution in [0.2, 0.25) is 5.02 Å². The molecule has 1 fully saturated rings. The average Bonchev–Trinajstić information content (AvgIpc) is 2.47. The van der Waals surface area contributed by atoms with Gasteiger partial charge in [0.1, 0.15) is 0 Å². The van der Waals surface area contributed by atoms with E-state index in [9.17, 15) is 4.79 Å². The Bertz CT molecular complexity index is 472. The predicted octanol–water partition coefficient (Wildman–Crippen LogP) is 2.33. The molecule has 1 heterocycles. The highest BCUT2D eigenvalue weighted by molar-refractivity contribution is 6.30. The van der Waals surface area contributed by atoms with Crippen molar-refractivity contribution in [3.8, 4) is 0 Å². The first-order valence-electron chi connectivity index (χ1n) is 7.61. The van der Waals surface area contributed by atoms with Crippen LogP contribution >= 0.6 is 11.6 Å². The van der Waals surface area contributed by atoms with Crippen LogP contribution in [-0.4, -0.2) is 36.5 Å². The Hall–Kier alpha value is -1.10. The first kappa shape index (κ1) is 16.3. The van der Waals surface area contributed by atoms with Crippen molar-refractivity contribution in [2.24, 2.45) is 5.73 Å². The van der Waals surface area contributed by atoms with E-state index in [0.29, 0.717) is 17.6 Å². The molecule has 1 atom stereocenters. The molecule has 2 rings (SSSR count). The van der Waals surface area contributed by atoms with Crippen LogP contribution in [0.25, 0.3) is 0 Å². The minimum absolute atomic E-state index is 0.0169. The molecule has 1 aliphatic heterocycles. The molecule has 116 valence electrons. The van der Waals surface area contributed by atoms with Crippen LogP contribution in [0, 0.1) is 0 Å². The second-order valence-corrected chi connectivity index (χ2v) is 6.13. The molecule has 1 aliphatic rings. The first-order valence-corrected chi connectivity index (χ1v) is 7.99. The van der Waals surface area contributed by atoms with Gasteiger partial charge in [-0.3, -0.25) is 9.69 Å². The summed E-state index contributed by atoms with van der Waals surface area (Å²) in [5.74, 6) is 0.0669. The van der Waals surface area contributed by atoms with Crippen molar-refractivity contribution >= 4 is 17.5 Å². The van der Waals surface area contributed by atoms with E-state index in [4.69, 9.17) is 17.3 Å². The number of carbonyl (C=O) groups excluding carboxylic acids is 1. The smallest absolute Gasteiger partial charge is 0.234 e. The highest BCUT2D eigenvalue weighted by Crippen LogP contribution is 2.20. The second-order valence-electron chi connectivity index (χ2n) is 5.70. The van der Waals surface area contributed by atoms with Crippen molar-refractivity contribution in [2.45, 2.75) is 38.3 Å². The molecule has 4 nitrogen and oxygen atoms in total. The summed E-state index contributed by atoms with van der Waals surface area (Å²) in [5.41, 5.74) is 6.94. The van der Waals surface area contributed by atoms with Crippen LogP contribution in [0.15, 0.2) is 24.3 Å². The monoisotopic (exact) mass is 309 g/mol. The van der Waals surface area contributed by atoms with Crippen molar-refractivity contribution in [1.82, 2.24) is 10.2 Å². The van der Waals surface area contributed by atoms with E-state index in [1.165, 1.54) is 0 Å². The molecule has 21 heavy (non-hydrogen) atoms. The Balaban J connectivity index is 1.88. The molecule has 1 unspecified atom stereocenters. The zero-order valence-electron chi connectivity index (χ0n) is 12.5. The van der Waals surface area contributed by atoms with Gasteiger partial charge in [-0.15, -0.1) is 0 Å². The largest absolute Gasteiger partial charge is 0.348 e. The number of nitrogens with one attached hydrogen (secondary N) is 1. The van der Waals surface area contributed by atoms with Gasteiger partial charge in [0, 0.05) is 24.2 Å². The van der Waals surface area contributed by atoms with Crippen molar-refractivity contribution in [3.63, 3.8) is 0 Å². The van der Waals surface area contributed by atoms with Gasteiger partial charge < -0.3 is 11.1 Å². The maximum atomic E-state index is 12.2. The van der Waals surface area contributed by atoms with E-state index in [0.717, 1.165) is 37.9 Å². The topological polar surface area (TPSA) is 58.4 Å². The Morgan fingerprint density at radius 3 is 2.81 bits per heavy atom. The molecular weight excluding hydrogens is 286 g/mol. The van der Waals surface area contributed by atoms with E-state index < -0.39 is 0 Å². The number of piperidine rings is 1. The molecule has 0 bridgehead atoms. The lowest BCUT2D eigenvalue weighted by Gasteiger charge is -2.30. The van der Waals surface area contributed by atoms with E-state index in [-0.39, 0.29) is 11.9 Å². The Morgan fingerprint density at radius 2 is 2.19 bits per heavy atom. The van der Waals surface area contributed by atoms with E-state index in [1.54, 1.807) is 0 Å². The summed E-state index contributed by atoms with van der Waals surface area (Å²) in [6.45, 7) is 4.32. The van der Waals surface area contributed by atoms with Crippen LogP contribution in [0.1, 0.15) is 37.8 Å². The highest BCUT2D eigenvalue weighted by atomic mass is 35.5. The maximum absolute atomic E-state index is 12.2. The number of rotatable bonds is 5. The van der Waals surface area contributed by atoms with Gasteiger partial charge in [0.15, 0.2) is 0 Å². The molecule has 1 aromatic rings. The fourth-order valence-electron chi connectivity index (χ4n) is 2.70. The SMILES string of the molecule is CCC(NC(=O)CN1CCC(N)CC1)c1cccc(Cl)c1. The standard InChI is InChI=1S/C16H24ClN3O/c1-2-15(12-4-3-5-13(17)10-12)19-16(21)11-20-8-6-14(18)7-9-20/h3-5,10,14-15H,2,6-9,11,18H2,1H3,(H,19,21). The van der Waals surface area contributed by atoms with Gasteiger partial charge in [0.2, 0.25) is 5.91 Å². The van der Waals surface area contributed by atoms with Gasteiger partial charge in [-0.05, 0) is 37.0 Å². The van der Waals surface area contributed by atoms with E-state index >= 15 is 0 Å². The van der Waals surface area contributed by atoms with Crippen molar-refractivity contribution in [1.29, 1.82) is 0 Å². The molecule has 1 aromatic carbocycles. The van der Waals surface area contributed by atoms with Crippen LogP contribution in [0.4, 0.5) is 0 Å². The minimum atomic E-state index is 0.0169. The maximum Gasteiger partial charge on any atom is 0.234 e. The summed E-state index contributed by atoms with van der Waals surface area (Å²) in [7, 11) is 0. The molecule has 0 aromatic heterocycles. The number of hydrogen-bond acceptors (Lipinski definition) is 3. The molecule has 3 N–H and O–H groups in total. The zero-order valence-corrected chi connectivity index (χ0v) is 13.3. The lowest BCUT2D eigenvalue weighted by molar-refractivity contribution is -0.123. The first-order chi connectivity index (χ1) is 10.1. The highest BCUT2D eigenvalue weighted by Gasteiger charge is 2.20. The average molecular weight is 310 g/mol. The van der Waals surface area contributed by atoms with Crippen molar-refractivity contribution in [3.05, 3.63) is 34.9 Å². The Morgan fingerprint density at radius 1 is 1.48 bits per heavy atom. The number of likely N-dealkylation sites (tertiary alicyclic amines) is 1. The molecule has 0 aliphatic carbocycles. The van der Waals surface area contributed by atoms with Crippen LogP contribution in [0.3, 0.4) is 0 Å². The lowest BCUT2D eigenvalue weighted by atomic mass is 10.0. The third-order valence-electron chi connectivity index (χ3n) is 3.99. The van der Waals surface area contributed by atoms with Gasteiger partial charge in [-0.2, -0.15) is 0 Å². The third-order valence-corrected chi connectivity index (χ3v) is 4.23. The van der Waals surface area contributed by atoms with Gasteiger partial charge in [-0.25, -0.2) is 0 Å². The summed E-state index contributed by atoms with van der Waals surface area (Å²) in [6, 6.07) is 7.98. The minimum Gasteiger partial charge on any atom is -0.348 e. The van der Waals surface area contributed by atoms with Gasteiger partial charge >= 0.3 is 0 Å². The number of carbonyl (C=O) groups is 1. The van der Waals surface area contributed by atoms with Crippen LogP contribution in [0.5, 0.6) is 0 Å². The molecule has 0 radical (unpaired) electrons. The summed E-state index contributed by atoms with van der Waals surface area (Å²) < 4.78 is 0. The molecule has 1 saturated heterocycles. The molecule has 0 spiro atoms. The quantitative estimate of drug-likeness (QED) is 0.877. The lowest BCUT2D eigenvalue weighted by Crippen LogP contribution is -2.45. The Kier molecular flexibility index (Phi) is 6.03. The summed E-state index contributed by atoms with van der Waals surface area (Å²) in [5, 5.41) is 3.80. The molecule has 0 saturated carbocycles. The number of nitrogens with two attached hydrogens (primary N) is 1. The summed E-state index contributed by atoms with van der Waals surface area (Å²) in [4.78, 5) is 14.4. The zero-order chi connectivity index (χ0) is 15.2.